The molecule has 2 amide bonds. The number of hydrogen-bond acceptors (Lipinski definition) is 3. The van der Waals surface area contributed by atoms with Crippen LogP contribution >= 0.6 is 11.6 Å². The molecule has 2 unspecified atom stereocenters. The standard InChI is InChI=1S/C20H23ClN2O3/c1-14(19(24)26-3)13-23(15(2)16-7-5-4-6-8-16)20(25)22-18-11-9-17(21)10-12-18/h4-12,14-15H,13H2,1-3H3,(H,22,25). The van der Waals surface area contributed by atoms with Crippen molar-refractivity contribution in [3.05, 3.63) is 65.2 Å². The molecule has 0 aliphatic heterocycles. The Morgan fingerprint density at radius 3 is 2.27 bits per heavy atom. The van der Waals surface area contributed by atoms with Gasteiger partial charge in [-0.05, 0) is 36.8 Å². The zero-order valence-electron chi connectivity index (χ0n) is 15.1. The first-order valence-corrected chi connectivity index (χ1v) is 8.76. The van der Waals surface area contributed by atoms with Crippen molar-refractivity contribution >= 4 is 29.3 Å². The molecule has 2 atom stereocenters. The van der Waals surface area contributed by atoms with Crippen LogP contribution in [0.4, 0.5) is 10.5 Å². The van der Waals surface area contributed by atoms with E-state index in [0.29, 0.717) is 10.7 Å². The van der Waals surface area contributed by atoms with Gasteiger partial charge in [-0.2, -0.15) is 0 Å². The first-order valence-electron chi connectivity index (χ1n) is 8.38. The number of urea groups is 1. The highest BCUT2D eigenvalue weighted by Gasteiger charge is 2.26. The fraction of sp³-hybridized carbons (Fsp3) is 0.300. The Balaban J connectivity index is 2.22. The molecule has 138 valence electrons. The second kappa shape index (κ2) is 9.25. The molecule has 5 nitrogen and oxygen atoms in total. The molecule has 0 radical (unpaired) electrons. The number of esters is 1. The van der Waals surface area contributed by atoms with Crippen molar-refractivity contribution in [3.8, 4) is 0 Å². The Kier molecular flexibility index (Phi) is 7.04. The summed E-state index contributed by atoms with van der Waals surface area (Å²) >= 11 is 5.89. The Morgan fingerprint density at radius 2 is 1.69 bits per heavy atom. The Bertz CT molecular complexity index is 734. The summed E-state index contributed by atoms with van der Waals surface area (Å²) in [6, 6.07) is 16.0. The zero-order valence-corrected chi connectivity index (χ0v) is 15.9. The van der Waals surface area contributed by atoms with Gasteiger partial charge in [0.2, 0.25) is 0 Å². The Labute approximate surface area is 158 Å². The van der Waals surface area contributed by atoms with Crippen LogP contribution in [0.15, 0.2) is 54.6 Å². The number of methoxy groups -OCH3 is 1. The van der Waals surface area contributed by atoms with Crippen molar-refractivity contribution in [1.29, 1.82) is 0 Å². The maximum atomic E-state index is 12.9. The van der Waals surface area contributed by atoms with E-state index in [4.69, 9.17) is 16.3 Å². The van der Waals surface area contributed by atoms with Gasteiger partial charge in [0.1, 0.15) is 0 Å². The highest BCUT2D eigenvalue weighted by molar-refractivity contribution is 6.30. The van der Waals surface area contributed by atoms with Gasteiger partial charge < -0.3 is 15.0 Å². The van der Waals surface area contributed by atoms with Crippen molar-refractivity contribution < 1.29 is 14.3 Å². The monoisotopic (exact) mass is 374 g/mol. The molecule has 0 aromatic heterocycles. The van der Waals surface area contributed by atoms with Crippen LogP contribution in [0.25, 0.3) is 0 Å². The smallest absolute Gasteiger partial charge is 0.322 e. The van der Waals surface area contributed by atoms with E-state index in [1.807, 2.05) is 37.3 Å². The number of carbonyl (C=O) groups is 2. The maximum absolute atomic E-state index is 12.9. The van der Waals surface area contributed by atoms with Crippen molar-refractivity contribution in [2.45, 2.75) is 19.9 Å². The van der Waals surface area contributed by atoms with Crippen LogP contribution < -0.4 is 5.32 Å². The third-order valence-corrected chi connectivity index (χ3v) is 4.43. The number of rotatable bonds is 6. The second-order valence-corrected chi connectivity index (χ2v) is 6.54. The van der Waals surface area contributed by atoms with Crippen LogP contribution in [-0.4, -0.2) is 30.6 Å². The summed E-state index contributed by atoms with van der Waals surface area (Å²) in [5.74, 6) is -0.795. The lowest BCUT2D eigenvalue weighted by Gasteiger charge is -2.31. The van der Waals surface area contributed by atoms with Gasteiger partial charge in [-0.25, -0.2) is 4.79 Å². The third-order valence-electron chi connectivity index (χ3n) is 4.18. The Hall–Kier alpha value is -2.53. The van der Waals surface area contributed by atoms with Gasteiger partial charge in [0.25, 0.3) is 0 Å². The van der Waals surface area contributed by atoms with Crippen molar-refractivity contribution in [2.75, 3.05) is 19.0 Å². The first-order chi connectivity index (χ1) is 12.4. The predicted molar refractivity (Wildman–Crippen MR) is 103 cm³/mol. The average molecular weight is 375 g/mol. The lowest BCUT2D eigenvalue weighted by Crippen LogP contribution is -2.41. The van der Waals surface area contributed by atoms with E-state index < -0.39 is 5.92 Å². The predicted octanol–water partition coefficient (Wildman–Crippen LogP) is 4.74. The molecule has 0 spiro atoms. The van der Waals surface area contributed by atoms with Crippen LogP contribution in [0.1, 0.15) is 25.5 Å². The quantitative estimate of drug-likeness (QED) is 0.742. The first kappa shape index (κ1) is 19.8. The molecular weight excluding hydrogens is 352 g/mol. The number of nitrogens with zero attached hydrogens (tertiary/aromatic N) is 1. The number of halogens is 1. The number of benzene rings is 2. The molecule has 0 aliphatic rings. The number of anilines is 1. The van der Waals surface area contributed by atoms with Crippen LogP contribution in [-0.2, 0) is 9.53 Å². The topological polar surface area (TPSA) is 58.6 Å². The lowest BCUT2D eigenvalue weighted by atomic mass is 10.1. The molecule has 2 aromatic rings. The lowest BCUT2D eigenvalue weighted by molar-refractivity contribution is -0.145. The molecule has 0 fully saturated rings. The van der Waals surface area contributed by atoms with Crippen LogP contribution in [0.2, 0.25) is 5.02 Å². The third kappa shape index (κ3) is 5.23. The normalized spacial score (nSPS) is 12.8. The summed E-state index contributed by atoms with van der Waals surface area (Å²) in [5, 5.41) is 3.45. The van der Waals surface area contributed by atoms with E-state index in [1.54, 1.807) is 36.1 Å². The van der Waals surface area contributed by atoms with Crippen molar-refractivity contribution in [2.24, 2.45) is 5.92 Å². The van der Waals surface area contributed by atoms with Gasteiger partial charge in [0, 0.05) is 17.3 Å². The van der Waals surface area contributed by atoms with E-state index >= 15 is 0 Å². The molecule has 0 aliphatic carbocycles. The molecule has 6 heteroatoms. The molecule has 26 heavy (non-hydrogen) atoms. The summed E-state index contributed by atoms with van der Waals surface area (Å²) in [6.45, 7) is 3.91. The second-order valence-electron chi connectivity index (χ2n) is 6.10. The minimum absolute atomic E-state index is 0.212. The van der Waals surface area contributed by atoms with Crippen molar-refractivity contribution in [1.82, 2.24) is 4.90 Å². The van der Waals surface area contributed by atoms with Gasteiger partial charge in [-0.3, -0.25) is 4.79 Å². The van der Waals surface area contributed by atoms with Gasteiger partial charge in [0.05, 0.1) is 19.1 Å². The van der Waals surface area contributed by atoms with Gasteiger partial charge in [-0.15, -0.1) is 0 Å². The van der Waals surface area contributed by atoms with Crippen LogP contribution in [0.5, 0.6) is 0 Å². The molecular formula is C20H23ClN2O3. The maximum Gasteiger partial charge on any atom is 0.322 e. The van der Waals surface area contributed by atoms with Crippen molar-refractivity contribution in [3.63, 3.8) is 0 Å². The van der Waals surface area contributed by atoms with Gasteiger partial charge in [-0.1, -0.05) is 48.9 Å². The molecule has 2 aromatic carbocycles. The summed E-state index contributed by atoms with van der Waals surface area (Å²) in [6.07, 6.45) is 0. The highest BCUT2D eigenvalue weighted by atomic mass is 35.5. The molecule has 2 rings (SSSR count). The fourth-order valence-electron chi connectivity index (χ4n) is 2.63. The van der Waals surface area contributed by atoms with Crippen LogP contribution in [0.3, 0.4) is 0 Å². The number of hydrogen-bond donors (Lipinski definition) is 1. The molecule has 0 saturated carbocycles. The summed E-state index contributed by atoms with van der Waals surface area (Å²) in [4.78, 5) is 26.3. The Morgan fingerprint density at radius 1 is 1.08 bits per heavy atom. The minimum Gasteiger partial charge on any atom is -0.469 e. The highest BCUT2D eigenvalue weighted by Crippen LogP contribution is 2.23. The zero-order chi connectivity index (χ0) is 19.1. The number of carbonyl (C=O) groups excluding carboxylic acids is 2. The van der Waals surface area contributed by atoms with E-state index in [2.05, 4.69) is 5.32 Å². The summed E-state index contributed by atoms with van der Waals surface area (Å²) in [5.41, 5.74) is 1.62. The number of amides is 2. The van der Waals surface area contributed by atoms with Gasteiger partial charge >= 0.3 is 12.0 Å². The SMILES string of the molecule is COC(=O)C(C)CN(C(=O)Nc1ccc(Cl)cc1)C(C)c1ccccc1. The average Bonchev–Trinajstić information content (AvgIpc) is 2.67. The van der Waals surface area contributed by atoms with E-state index in [9.17, 15) is 9.59 Å². The van der Waals surface area contributed by atoms with Gasteiger partial charge in [0.15, 0.2) is 0 Å². The van der Waals surface area contributed by atoms with Crippen LogP contribution in [0, 0.1) is 5.92 Å². The summed E-state index contributed by atoms with van der Waals surface area (Å²) < 4.78 is 4.80. The number of nitrogens with one attached hydrogen (secondary N) is 1. The summed E-state index contributed by atoms with van der Waals surface area (Å²) in [7, 11) is 1.34. The molecule has 0 bridgehead atoms. The van der Waals surface area contributed by atoms with E-state index in [1.165, 1.54) is 7.11 Å². The fourth-order valence-corrected chi connectivity index (χ4v) is 2.75. The van der Waals surface area contributed by atoms with E-state index in [-0.39, 0.29) is 24.6 Å². The molecule has 0 saturated heterocycles. The largest absolute Gasteiger partial charge is 0.469 e. The van der Waals surface area contributed by atoms with E-state index in [0.717, 1.165) is 5.56 Å². The molecule has 0 heterocycles. The minimum atomic E-state index is -0.442. The molecule has 1 N–H and O–H groups in total. The number of ether oxygens (including phenoxy) is 1.